The number of hydrogen-bond donors (Lipinski definition) is 0. The standard InChI is InChI=1S/C43H42BrN7O/c1-3-5-30-50-42(52)49(41(47-50)39(44)17-4-2)31-32-26-28-33(29-27-32)37-24-15-16-25-38(37)40-45-48-51(46-40)43(34-18-9-6-10-19-34,35-20-11-7-12-21-35)36-22-13-8-14-23-36/h6-16,18-29,39H,3-5,17,30-31H2,1-2H3. The number of unbranched alkanes of at least 4 members (excludes halogenated alkanes) is 1. The lowest BCUT2D eigenvalue weighted by molar-refractivity contribution is 0.396. The zero-order chi connectivity index (χ0) is 35.9. The maximum atomic E-state index is 13.5. The average molecular weight is 753 g/mol. The van der Waals surface area contributed by atoms with Crippen molar-refractivity contribution in [2.45, 2.75) is 63.0 Å². The van der Waals surface area contributed by atoms with E-state index in [1.165, 1.54) is 0 Å². The molecule has 1 unspecified atom stereocenters. The Morgan fingerprint density at radius 1 is 0.673 bits per heavy atom. The summed E-state index contributed by atoms with van der Waals surface area (Å²) < 4.78 is 3.43. The Kier molecular flexibility index (Phi) is 10.7. The molecule has 2 aromatic heterocycles. The van der Waals surface area contributed by atoms with Crippen molar-refractivity contribution < 1.29 is 0 Å². The molecule has 7 rings (SSSR count). The second-order valence-electron chi connectivity index (χ2n) is 13.0. The summed E-state index contributed by atoms with van der Waals surface area (Å²) >= 11 is 3.80. The Morgan fingerprint density at radius 2 is 1.23 bits per heavy atom. The van der Waals surface area contributed by atoms with Crippen molar-refractivity contribution in [3.05, 3.63) is 178 Å². The van der Waals surface area contributed by atoms with E-state index in [1.807, 2.05) is 77.4 Å². The van der Waals surface area contributed by atoms with E-state index < -0.39 is 5.54 Å². The maximum Gasteiger partial charge on any atom is 0.346 e. The van der Waals surface area contributed by atoms with E-state index in [-0.39, 0.29) is 10.5 Å². The molecule has 0 saturated heterocycles. The lowest BCUT2D eigenvalue weighted by Gasteiger charge is -2.34. The van der Waals surface area contributed by atoms with E-state index >= 15 is 0 Å². The van der Waals surface area contributed by atoms with Gasteiger partial charge in [-0.25, -0.2) is 9.48 Å². The average Bonchev–Trinajstić information content (AvgIpc) is 3.81. The molecular formula is C43H42BrN7O. The lowest BCUT2D eigenvalue weighted by Crippen LogP contribution is -2.39. The van der Waals surface area contributed by atoms with Crippen molar-refractivity contribution in [1.82, 2.24) is 34.6 Å². The van der Waals surface area contributed by atoms with Gasteiger partial charge in [0.25, 0.3) is 0 Å². The number of nitrogens with zero attached hydrogens (tertiary/aromatic N) is 7. The van der Waals surface area contributed by atoms with Crippen LogP contribution in [0.1, 0.15) is 72.4 Å². The Labute approximate surface area is 312 Å². The third-order valence-corrected chi connectivity index (χ3v) is 10.4. The first kappa shape index (κ1) is 35.0. The molecule has 9 heteroatoms. The van der Waals surface area contributed by atoms with Crippen LogP contribution in [0.3, 0.4) is 0 Å². The molecule has 0 aliphatic heterocycles. The smallest absolute Gasteiger partial charge is 0.273 e. The molecule has 0 fully saturated rings. The van der Waals surface area contributed by atoms with Gasteiger partial charge in [0.2, 0.25) is 5.82 Å². The van der Waals surface area contributed by atoms with Crippen LogP contribution < -0.4 is 5.69 Å². The minimum atomic E-state index is -0.863. The molecule has 0 saturated carbocycles. The van der Waals surface area contributed by atoms with Crippen LogP contribution in [0.4, 0.5) is 0 Å². The van der Waals surface area contributed by atoms with Crippen LogP contribution in [0.25, 0.3) is 22.5 Å². The van der Waals surface area contributed by atoms with Crippen LogP contribution in [-0.2, 0) is 18.6 Å². The van der Waals surface area contributed by atoms with E-state index in [9.17, 15) is 4.79 Å². The fourth-order valence-electron chi connectivity index (χ4n) is 6.93. The van der Waals surface area contributed by atoms with Gasteiger partial charge in [0.1, 0.15) is 5.82 Å². The molecule has 0 aliphatic carbocycles. The molecule has 0 spiro atoms. The second-order valence-corrected chi connectivity index (χ2v) is 14.1. The zero-order valence-corrected chi connectivity index (χ0v) is 31.1. The van der Waals surface area contributed by atoms with Gasteiger partial charge >= 0.3 is 5.69 Å². The number of benzene rings is 5. The Bertz CT molecular complexity index is 2170. The van der Waals surface area contributed by atoms with Gasteiger partial charge in [-0.05, 0) is 51.4 Å². The highest BCUT2D eigenvalue weighted by atomic mass is 79.9. The predicted molar refractivity (Wildman–Crippen MR) is 210 cm³/mol. The number of rotatable bonds is 14. The molecule has 0 aliphatic rings. The lowest BCUT2D eigenvalue weighted by atomic mass is 9.77. The third-order valence-electron chi connectivity index (χ3n) is 9.56. The summed E-state index contributed by atoms with van der Waals surface area (Å²) in [6.07, 6.45) is 3.82. The van der Waals surface area contributed by atoms with Gasteiger partial charge in [-0.3, -0.25) is 4.57 Å². The van der Waals surface area contributed by atoms with Gasteiger partial charge in [0, 0.05) is 12.1 Å². The Balaban J connectivity index is 1.26. The molecule has 0 amide bonds. The largest absolute Gasteiger partial charge is 0.346 e. The van der Waals surface area contributed by atoms with E-state index in [1.54, 1.807) is 9.48 Å². The highest BCUT2D eigenvalue weighted by Crippen LogP contribution is 2.40. The van der Waals surface area contributed by atoms with Crippen LogP contribution >= 0.6 is 15.9 Å². The van der Waals surface area contributed by atoms with Crippen LogP contribution in [0.5, 0.6) is 0 Å². The molecule has 2 heterocycles. The normalized spacial score (nSPS) is 12.2. The number of tetrazole rings is 1. The molecular weight excluding hydrogens is 710 g/mol. The second kappa shape index (κ2) is 15.9. The number of halogens is 1. The van der Waals surface area contributed by atoms with Crippen LogP contribution in [0.2, 0.25) is 0 Å². The van der Waals surface area contributed by atoms with Crippen molar-refractivity contribution in [3.8, 4) is 22.5 Å². The number of alkyl halides is 1. The van der Waals surface area contributed by atoms with Crippen molar-refractivity contribution in [1.29, 1.82) is 0 Å². The minimum absolute atomic E-state index is 0.0181. The van der Waals surface area contributed by atoms with Gasteiger partial charge in [-0.1, -0.05) is 182 Å². The first-order valence-corrected chi connectivity index (χ1v) is 18.9. The first-order chi connectivity index (χ1) is 25.5. The Hall–Kier alpha value is -5.41. The third kappa shape index (κ3) is 6.80. The van der Waals surface area contributed by atoms with E-state index in [0.29, 0.717) is 18.9 Å². The summed E-state index contributed by atoms with van der Waals surface area (Å²) in [5.41, 5.74) is 6.07. The van der Waals surface area contributed by atoms with E-state index in [0.717, 1.165) is 70.5 Å². The SMILES string of the molecule is CCCCn1nc(C(Br)CCC)n(Cc2ccc(-c3ccccc3-c3nnn(C(c4ccccc4)(c4ccccc4)c4ccccc4)n3)cc2)c1=O. The number of hydrogen-bond acceptors (Lipinski definition) is 5. The maximum absolute atomic E-state index is 13.5. The minimum Gasteiger partial charge on any atom is -0.273 e. The quantitative estimate of drug-likeness (QED) is 0.0817. The summed E-state index contributed by atoms with van der Waals surface area (Å²) in [7, 11) is 0. The zero-order valence-electron chi connectivity index (χ0n) is 29.5. The molecule has 0 bridgehead atoms. The first-order valence-electron chi connectivity index (χ1n) is 18.0. The highest BCUT2D eigenvalue weighted by molar-refractivity contribution is 9.09. The van der Waals surface area contributed by atoms with Crippen LogP contribution in [-0.4, -0.2) is 34.6 Å². The predicted octanol–water partition coefficient (Wildman–Crippen LogP) is 9.29. The molecule has 0 radical (unpaired) electrons. The molecule has 1 atom stereocenters. The van der Waals surface area contributed by atoms with Gasteiger partial charge < -0.3 is 0 Å². The van der Waals surface area contributed by atoms with Crippen molar-refractivity contribution in [2.75, 3.05) is 0 Å². The van der Waals surface area contributed by atoms with E-state index in [4.69, 9.17) is 20.5 Å². The van der Waals surface area contributed by atoms with E-state index in [2.05, 4.69) is 96.5 Å². The molecule has 262 valence electrons. The topological polar surface area (TPSA) is 83.4 Å². The molecule has 7 aromatic rings. The van der Waals surface area contributed by atoms with Gasteiger partial charge in [0.05, 0.1) is 11.4 Å². The molecule has 52 heavy (non-hydrogen) atoms. The van der Waals surface area contributed by atoms with Crippen LogP contribution in [0.15, 0.2) is 144 Å². The van der Waals surface area contributed by atoms with Crippen LogP contribution in [0, 0.1) is 0 Å². The molecule has 8 nitrogen and oxygen atoms in total. The van der Waals surface area contributed by atoms with Crippen molar-refractivity contribution in [3.63, 3.8) is 0 Å². The summed E-state index contributed by atoms with van der Waals surface area (Å²) in [4.78, 5) is 15.2. The fourth-order valence-corrected chi connectivity index (χ4v) is 7.72. The van der Waals surface area contributed by atoms with Gasteiger partial charge in [-0.15, -0.1) is 15.0 Å². The fraction of sp³-hybridized carbons (Fsp3) is 0.233. The number of aryl methyl sites for hydroxylation is 1. The molecule has 0 N–H and O–H groups in total. The number of aromatic nitrogens is 7. The summed E-state index contributed by atoms with van der Waals surface area (Å²) in [5.74, 6) is 1.31. The summed E-state index contributed by atoms with van der Waals surface area (Å²) in [6, 6.07) is 47.6. The highest BCUT2D eigenvalue weighted by Gasteiger charge is 2.41. The van der Waals surface area contributed by atoms with Crippen molar-refractivity contribution >= 4 is 15.9 Å². The van der Waals surface area contributed by atoms with Gasteiger partial charge in [0.15, 0.2) is 5.54 Å². The Morgan fingerprint density at radius 3 is 1.79 bits per heavy atom. The monoisotopic (exact) mass is 751 g/mol. The molecule has 5 aromatic carbocycles. The van der Waals surface area contributed by atoms with Gasteiger partial charge in [-0.2, -0.15) is 5.10 Å². The van der Waals surface area contributed by atoms with Crippen molar-refractivity contribution in [2.24, 2.45) is 0 Å². The summed E-state index contributed by atoms with van der Waals surface area (Å²) in [5, 5.41) is 19.4. The summed E-state index contributed by atoms with van der Waals surface area (Å²) in [6.45, 7) is 5.34.